The van der Waals surface area contributed by atoms with Gasteiger partial charge in [-0.3, -0.25) is 14.9 Å². The molecule has 0 saturated heterocycles. The first-order valence-electron chi connectivity index (χ1n) is 7.37. The van der Waals surface area contributed by atoms with Crippen LogP contribution in [0.3, 0.4) is 0 Å². The average Bonchev–Trinajstić information content (AvgIpc) is 2.61. The van der Waals surface area contributed by atoms with Gasteiger partial charge >= 0.3 is 5.97 Å². The predicted octanol–water partition coefficient (Wildman–Crippen LogP) is 3.36. The number of carbonyl (C=O) groups is 2. The molecule has 26 heavy (non-hydrogen) atoms. The zero-order valence-electron chi connectivity index (χ0n) is 13.9. The molecule has 0 spiro atoms. The molecule has 0 aliphatic rings. The molecule has 0 aliphatic carbocycles. The molecule has 9 heteroatoms. The van der Waals surface area contributed by atoms with Gasteiger partial charge in [0.2, 0.25) is 0 Å². The number of amides is 1. The maximum absolute atomic E-state index is 12.0. The van der Waals surface area contributed by atoms with E-state index in [1.54, 1.807) is 12.1 Å². The number of aryl methyl sites for hydroxylation is 1. The Morgan fingerprint density at radius 1 is 1.23 bits per heavy atom. The number of nitrogens with zero attached hydrogens (tertiary/aromatic N) is 1. The number of ether oxygens (including phenoxy) is 2. The smallest absolute Gasteiger partial charge is 0.338 e. The van der Waals surface area contributed by atoms with Crippen molar-refractivity contribution in [1.82, 2.24) is 0 Å². The fraction of sp³-hybridized carbons (Fsp3) is 0.176. The summed E-state index contributed by atoms with van der Waals surface area (Å²) in [6.07, 6.45) is 0. The second kappa shape index (κ2) is 8.30. The van der Waals surface area contributed by atoms with Crippen LogP contribution >= 0.6 is 11.6 Å². The molecule has 0 aliphatic heterocycles. The van der Waals surface area contributed by atoms with Gasteiger partial charge in [-0.15, -0.1) is 0 Å². The van der Waals surface area contributed by atoms with E-state index in [1.807, 2.05) is 6.92 Å². The van der Waals surface area contributed by atoms with Crippen molar-refractivity contribution in [1.29, 1.82) is 0 Å². The molecule has 1 N–H and O–H groups in total. The highest BCUT2D eigenvalue weighted by atomic mass is 35.5. The van der Waals surface area contributed by atoms with Crippen LogP contribution in [0.2, 0.25) is 5.02 Å². The molecule has 136 valence electrons. The van der Waals surface area contributed by atoms with Gasteiger partial charge in [0.15, 0.2) is 6.61 Å². The summed E-state index contributed by atoms with van der Waals surface area (Å²) in [7, 11) is 1.48. The maximum atomic E-state index is 12.0. The molecular weight excluding hydrogens is 364 g/mol. The second-order valence-corrected chi connectivity index (χ2v) is 5.64. The highest BCUT2D eigenvalue weighted by Crippen LogP contribution is 2.27. The largest absolute Gasteiger partial charge is 0.496 e. The van der Waals surface area contributed by atoms with Crippen molar-refractivity contribution < 1.29 is 24.0 Å². The Morgan fingerprint density at radius 2 is 1.96 bits per heavy atom. The zero-order chi connectivity index (χ0) is 19.3. The molecule has 0 aromatic heterocycles. The van der Waals surface area contributed by atoms with E-state index in [2.05, 4.69) is 5.32 Å². The van der Waals surface area contributed by atoms with Crippen molar-refractivity contribution in [2.45, 2.75) is 6.92 Å². The number of nitro groups is 1. The van der Waals surface area contributed by atoms with Crippen LogP contribution in [0.15, 0.2) is 36.4 Å². The van der Waals surface area contributed by atoms with Gasteiger partial charge in [0, 0.05) is 11.8 Å². The normalized spacial score (nSPS) is 10.1. The predicted molar refractivity (Wildman–Crippen MR) is 94.7 cm³/mol. The Labute approximate surface area is 153 Å². The van der Waals surface area contributed by atoms with Gasteiger partial charge < -0.3 is 14.8 Å². The van der Waals surface area contributed by atoms with Crippen molar-refractivity contribution in [3.63, 3.8) is 0 Å². The summed E-state index contributed by atoms with van der Waals surface area (Å²) in [5, 5.41) is 13.2. The van der Waals surface area contributed by atoms with E-state index >= 15 is 0 Å². The summed E-state index contributed by atoms with van der Waals surface area (Å²) in [5.74, 6) is -0.813. The second-order valence-electron chi connectivity index (χ2n) is 5.23. The average molecular weight is 379 g/mol. The lowest BCUT2D eigenvalue weighted by Gasteiger charge is -2.09. The van der Waals surface area contributed by atoms with Crippen molar-refractivity contribution in [3.8, 4) is 5.75 Å². The number of benzene rings is 2. The van der Waals surface area contributed by atoms with Crippen molar-refractivity contribution in [3.05, 3.63) is 62.7 Å². The molecule has 0 fully saturated rings. The maximum Gasteiger partial charge on any atom is 0.338 e. The Morgan fingerprint density at radius 3 is 2.62 bits per heavy atom. The van der Waals surface area contributed by atoms with Gasteiger partial charge in [-0.2, -0.15) is 0 Å². The third kappa shape index (κ3) is 4.70. The fourth-order valence-corrected chi connectivity index (χ4v) is 2.28. The van der Waals surface area contributed by atoms with Crippen molar-refractivity contribution in [2.24, 2.45) is 0 Å². The molecule has 0 unspecified atom stereocenters. The molecule has 0 bridgehead atoms. The van der Waals surface area contributed by atoms with Crippen LogP contribution in [0.1, 0.15) is 15.9 Å². The number of nitrogens with one attached hydrogen (secondary N) is 1. The van der Waals surface area contributed by atoms with Crippen LogP contribution in [0, 0.1) is 17.0 Å². The van der Waals surface area contributed by atoms with Crippen LogP contribution < -0.4 is 10.1 Å². The molecule has 8 nitrogen and oxygen atoms in total. The highest BCUT2D eigenvalue weighted by Gasteiger charge is 2.15. The summed E-state index contributed by atoms with van der Waals surface area (Å²) in [5.41, 5.74) is 0.917. The van der Waals surface area contributed by atoms with E-state index in [9.17, 15) is 19.7 Å². The topological polar surface area (TPSA) is 108 Å². The molecule has 2 rings (SSSR count). The number of hydrogen-bond donors (Lipinski definition) is 1. The number of anilines is 1. The summed E-state index contributed by atoms with van der Waals surface area (Å²) < 4.78 is 10.1. The Kier molecular flexibility index (Phi) is 6.13. The first kappa shape index (κ1) is 19.2. The van der Waals surface area contributed by atoms with Gasteiger partial charge in [-0.1, -0.05) is 17.7 Å². The minimum atomic E-state index is -0.694. The number of carbonyl (C=O) groups excluding carboxylic acids is 2. The van der Waals surface area contributed by atoms with Gasteiger partial charge in [-0.25, -0.2) is 4.79 Å². The van der Waals surface area contributed by atoms with Gasteiger partial charge in [0.25, 0.3) is 11.6 Å². The van der Waals surface area contributed by atoms with Gasteiger partial charge in [0.05, 0.1) is 17.6 Å². The molecule has 2 aromatic carbocycles. The van der Waals surface area contributed by atoms with E-state index in [0.29, 0.717) is 5.75 Å². The lowest BCUT2D eigenvalue weighted by atomic mass is 10.1. The van der Waals surface area contributed by atoms with Crippen molar-refractivity contribution >= 4 is 34.9 Å². The van der Waals surface area contributed by atoms with E-state index in [4.69, 9.17) is 21.1 Å². The van der Waals surface area contributed by atoms with Crippen LogP contribution in [-0.2, 0) is 9.53 Å². The summed E-state index contributed by atoms with van der Waals surface area (Å²) in [6.45, 7) is 1.28. The number of nitro benzene ring substituents is 1. The third-order valence-electron chi connectivity index (χ3n) is 3.40. The highest BCUT2D eigenvalue weighted by molar-refractivity contribution is 6.32. The van der Waals surface area contributed by atoms with E-state index in [-0.39, 0.29) is 22.0 Å². The first-order valence-corrected chi connectivity index (χ1v) is 7.75. The number of rotatable bonds is 6. The minimum Gasteiger partial charge on any atom is -0.496 e. The van der Waals surface area contributed by atoms with E-state index in [0.717, 1.165) is 11.6 Å². The zero-order valence-corrected chi connectivity index (χ0v) is 14.7. The van der Waals surface area contributed by atoms with Crippen molar-refractivity contribution in [2.75, 3.05) is 19.0 Å². The lowest BCUT2D eigenvalue weighted by molar-refractivity contribution is -0.384. The lowest BCUT2D eigenvalue weighted by Crippen LogP contribution is -2.21. The summed E-state index contributed by atoms with van der Waals surface area (Å²) in [6, 6.07) is 8.58. The SMILES string of the molecule is COc1cc(C(=O)OCC(=O)Nc2ccc(Cl)c([N+](=O)[O-])c2)ccc1C. The summed E-state index contributed by atoms with van der Waals surface area (Å²) >= 11 is 5.70. The molecule has 2 aromatic rings. The summed E-state index contributed by atoms with van der Waals surface area (Å²) in [4.78, 5) is 34.1. The first-order chi connectivity index (χ1) is 12.3. The monoisotopic (exact) mass is 378 g/mol. The van der Waals surface area contributed by atoms with Crippen LogP contribution in [0.4, 0.5) is 11.4 Å². The van der Waals surface area contributed by atoms with Crippen LogP contribution in [-0.4, -0.2) is 30.5 Å². The Bertz CT molecular complexity index is 868. The number of methoxy groups -OCH3 is 1. The molecule has 1 amide bonds. The fourth-order valence-electron chi connectivity index (χ4n) is 2.09. The Balaban J connectivity index is 1.97. The van der Waals surface area contributed by atoms with E-state index in [1.165, 1.54) is 25.3 Å². The molecule has 0 atom stereocenters. The van der Waals surface area contributed by atoms with Gasteiger partial charge in [-0.05, 0) is 36.8 Å². The number of halogens is 1. The standard InChI is InChI=1S/C17H15ClN2O6/c1-10-3-4-11(7-15(10)25-2)17(22)26-9-16(21)19-12-5-6-13(18)14(8-12)20(23)24/h3-8H,9H2,1-2H3,(H,19,21). The van der Waals surface area contributed by atoms with Crippen LogP contribution in [0.5, 0.6) is 5.75 Å². The molecular formula is C17H15ClN2O6. The van der Waals surface area contributed by atoms with Crippen LogP contribution in [0.25, 0.3) is 0 Å². The molecule has 0 heterocycles. The third-order valence-corrected chi connectivity index (χ3v) is 3.72. The minimum absolute atomic E-state index is 0.0484. The quantitative estimate of drug-likeness (QED) is 0.469. The number of esters is 1. The Hall–Kier alpha value is -3.13. The molecule has 0 radical (unpaired) electrons. The van der Waals surface area contributed by atoms with E-state index < -0.39 is 23.4 Å². The van der Waals surface area contributed by atoms with Gasteiger partial charge in [0.1, 0.15) is 10.8 Å². The molecule has 0 saturated carbocycles. The number of hydrogen-bond acceptors (Lipinski definition) is 6.